The van der Waals surface area contributed by atoms with Crippen molar-refractivity contribution in [2.75, 3.05) is 13.2 Å². The van der Waals surface area contributed by atoms with Crippen molar-refractivity contribution in [2.45, 2.75) is 51.2 Å². The van der Waals surface area contributed by atoms with Crippen molar-refractivity contribution in [1.82, 2.24) is 0 Å². The first kappa shape index (κ1) is 12.1. The lowest BCUT2D eigenvalue weighted by Crippen LogP contribution is -2.44. The number of allylic oxidation sites excluding steroid dienone is 1. The van der Waals surface area contributed by atoms with Crippen LogP contribution in [0.4, 0.5) is 0 Å². The van der Waals surface area contributed by atoms with Gasteiger partial charge in [0, 0.05) is 24.7 Å². The number of ketones is 1. The van der Waals surface area contributed by atoms with Gasteiger partial charge in [-0.05, 0) is 31.1 Å². The molecule has 0 amide bonds. The van der Waals surface area contributed by atoms with Gasteiger partial charge in [-0.2, -0.15) is 0 Å². The normalized spacial score (nSPS) is 44.1. The fraction of sp³-hybridized carbons (Fsp3) is 0.812. The van der Waals surface area contributed by atoms with Crippen LogP contribution in [0.5, 0.6) is 0 Å². The number of Topliss-reactive ketones (excluding diaryl/α,β-unsaturated/α-hetero) is 1. The maximum Gasteiger partial charge on any atom is 0.172 e. The van der Waals surface area contributed by atoms with Crippen LogP contribution in [0.3, 0.4) is 0 Å². The molecule has 104 valence electrons. The van der Waals surface area contributed by atoms with Crippen molar-refractivity contribution < 1.29 is 14.3 Å². The van der Waals surface area contributed by atoms with Gasteiger partial charge in [0.25, 0.3) is 0 Å². The average Bonchev–Trinajstić information content (AvgIpc) is 2.97. The van der Waals surface area contributed by atoms with Gasteiger partial charge in [0.15, 0.2) is 5.79 Å². The van der Waals surface area contributed by atoms with Crippen molar-refractivity contribution in [1.29, 1.82) is 0 Å². The average molecular weight is 262 g/mol. The van der Waals surface area contributed by atoms with Crippen molar-refractivity contribution in [3.05, 3.63) is 11.6 Å². The number of fused-ring (bicyclic) bond motifs is 3. The van der Waals surface area contributed by atoms with Crippen LogP contribution in [0.15, 0.2) is 11.6 Å². The van der Waals surface area contributed by atoms with E-state index in [9.17, 15) is 4.79 Å². The van der Waals surface area contributed by atoms with Crippen molar-refractivity contribution in [2.24, 2.45) is 17.3 Å². The first-order valence-corrected chi connectivity index (χ1v) is 7.63. The molecular formula is C16H22O3. The Hall–Kier alpha value is -0.670. The number of hydrogen-bond acceptors (Lipinski definition) is 3. The standard InChI is InChI=1S/C16H22O3/c1-15-6-4-11-10-16(18-8-9-19-16)7-5-12(11)13(15)2-3-14(15)17/h4,12-13H,2-3,5-10H2,1H3/t12-,13+,15+/m1/s1. The van der Waals surface area contributed by atoms with Gasteiger partial charge in [-0.15, -0.1) is 0 Å². The van der Waals surface area contributed by atoms with E-state index in [-0.39, 0.29) is 11.2 Å². The molecule has 1 aliphatic heterocycles. The maximum atomic E-state index is 12.2. The second kappa shape index (κ2) is 3.92. The Balaban J connectivity index is 1.63. The summed E-state index contributed by atoms with van der Waals surface area (Å²) in [6.07, 6.45) is 8.19. The van der Waals surface area contributed by atoms with Crippen LogP contribution in [-0.4, -0.2) is 24.8 Å². The topological polar surface area (TPSA) is 35.5 Å². The second-order valence-electron chi connectivity index (χ2n) is 6.90. The molecule has 0 aromatic rings. The smallest absolute Gasteiger partial charge is 0.172 e. The minimum absolute atomic E-state index is 0.0734. The van der Waals surface area contributed by atoms with E-state index in [1.54, 1.807) is 0 Å². The lowest BCUT2D eigenvalue weighted by atomic mass is 9.60. The predicted octanol–water partition coefficient (Wildman–Crippen LogP) is 2.85. The summed E-state index contributed by atoms with van der Waals surface area (Å²) in [4.78, 5) is 12.2. The Morgan fingerprint density at radius 2 is 2.05 bits per heavy atom. The molecule has 0 aromatic heterocycles. The fourth-order valence-electron chi connectivity index (χ4n) is 4.87. The Bertz CT molecular complexity index is 447. The summed E-state index contributed by atoms with van der Waals surface area (Å²) in [5, 5.41) is 0. The molecular weight excluding hydrogens is 240 g/mol. The molecule has 1 saturated heterocycles. The number of rotatable bonds is 0. The zero-order chi connectivity index (χ0) is 13.1. The highest BCUT2D eigenvalue weighted by Crippen LogP contribution is 2.57. The zero-order valence-corrected chi connectivity index (χ0v) is 11.6. The molecule has 3 heteroatoms. The number of hydrogen-bond donors (Lipinski definition) is 0. The summed E-state index contributed by atoms with van der Waals surface area (Å²) in [6, 6.07) is 0. The summed E-state index contributed by atoms with van der Waals surface area (Å²) < 4.78 is 11.7. The summed E-state index contributed by atoms with van der Waals surface area (Å²) in [7, 11) is 0. The summed E-state index contributed by atoms with van der Waals surface area (Å²) in [5.41, 5.74) is 1.43. The van der Waals surface area contributed by atoms with E-state index in [0.717, 1.165) is 51.7 Å². The highest BCUT2D eigenvalue weighted by Gasteiger charge is 2.54. The first-order valence-electron chi connectivity index (χ1n) is 7.63. The Morgan fingerprint density at radius 3 is 2.84 bits per heavy atom. The molecule has 2 saturated carbocycles. The molecule has 4 aliphatic rings. The number of carbonyl (C=O) groups excluding carboxylic acids is 1. The first-order chi connectivity index (χ1) is 9.13. The van der Waals surface area contributed by atoms with Crippen molar-refractivity contribution in [3.63, 3.8) is 0 Å². The molecule has 0 bridgehead atoms. The quantitative estimate of drug-likeness (QED) is 0.630. The predicted molar refractivity (Wildman–Crippen MR) is 70.5 cm³/mol. The molecule has 1 heterocycles. The van der Waals surface area contributed by atoms with E-state index in [0.29, 0.717) is 17.6 Å². The van der Waals surface area contributed by atoms with Crippen LogP contribution in [0.25, 0.3) is 0 Å². The largest absolute Gasteiger partial charge is 0.347 e. The summed E-state index contributed by atoms with van der Waals surface area (Å²) >= 11 is 0. The van der Waals surface area contributed by atoms with E-state index < -0.39 is 0 Å². The minimum atomic E-state index is -0.321. The van der Waals surface area contributed by atoms with Crippen LogP contribution in [0.2, 0.25) is 0 Å². The number of carbonyl (C=O) groups is 1. The maximum absolute atomic E-state index is 12.2. The third-order valence-corrected chi connectivity index (χ3v) is 6.01. The molecule has 0 N–H and O–H groups in total. The lowest BCUT2D eigenvalue weighted by Gasteiger charge is -2.46. The van der Waals surface area contributed by atoms with Crippen LogP contribution < -0.4 is 0 Å². The number of ether oxygens (including phenoxy) is 2. The van der Waals surface area contributed by atoms with E-state index in [1.807, 2.05) is 0 Å². The van der Waals surface area contributed by atoms with E-state index in [2.05, 4.69) is 13.0 Å². The van der Waals surface area contributed by atoms with Gasteiger partial charge < -0.3 is 9.47 Å². The molecule has 3 nitrogen and oxygen atoms in total. The molecule has 3 aliphatic carbocycles. The van der Waals surface area contributed by atoms with Gasteiger partial charge in [-0.1, -0.05) is 18.6 Å². The van der Waals surface area contributed by atoms with E-state index in [1.165, 1.54) is 5.57 Å². The van der Waals surface area contributed by atoms with Gasteiger partial charge in [-0.3, -0.25) is 4.79 Å². The fourth-order valence-corrected chi connectivity index (χ4v) is 4.87. The molecule has 0 unspecified atom stereocenters. The van der Waals surface area contributed by atoms with Crippen LogP contribution in [0, 0.1) is 17.3 Å². The molecule has 4 rings (SSSR count). The molecule has 3 atom stereocenters. The Kier molecular flexibility index (Phi) is 2.50. The highest BCUT2D eigenvalue weighted by atomic mass is 16.7. The molecule has 1 spiro atoms. The Labute approximate surface area is 114 Å². The zero-order valence-electron chi connectivity index (χ0n) is 11.6. The molecule has 0 radical (unpaired) electrons. The van der Waals surface area contributed by atoms with Gasteiger partial charge in [-0.25, -0.2) is 0 Å². The summed E-state index contributed by atoms with van der Waals surface area (Å²) in [5.74, 6) is 1.34. The van der Waals surface area contributed by atoms with Gasteiger partial charge >= 0.3 is 0 Å². The van der Waals surface area contributed by atoms with E-state index in [4.69, 9.17) is 9.47 Å². The molecule has 0 aromatic carbocycles. The van der Waals surface area contributed by atoms with Crippen LogP contribution >= 0.6 is 0 Å². The third kappa shape index (κ3) is 1.61. The van der Waals surface area contributed by atoms with Crippen molar-refractivity contribution >= 4 is 5.78 Å². The van der Waals surface area contributed by atoms with Crippen molar-refractivity contribution in [3.8, 4) is 0 Å². The second-order valence-corrected chi connectivity index (χ2v) is 6.90. The van der Waals surface area contributed by atoms with E-state index >= 15 is 0 Å². The van der Waals surface area contributed by atoms with Gasteiger partial charge in [0.2, 0.25) is 0 Å². The van der Waals surface area contributed by atoms with Crippen LogP contribution in [-0.2, 0) is 14.3 Å². The van der Waals surface area contributed by atoms with Gasteiger partial charge in [0.05, 0.1) is 13.2 Å². The molecule has 19 heavy (non-hydrogen) atoms. The molecule has 3 fully saturated rings. The SMILES string of the molecule is C[C@]12CC=C3CC4(CC[C@H]3[C@@H]1CCC2=O)OCCO4. The van der Waals surface area contributed by atoms with Gasteiger partial charge in [0.1, 0.15) is 5.78 Å². The Morgan fingerprint density at radius 1 is 1.26 bits per heavy atom. The monoisotopic (exact) mass is 262 g/mol. The highest BCUT2D eigenvalue weighted by molar-refractivity contribution is 5.87. The third-order valence-electron chi connectivity index (χ3n) is 6.01. The van der Waals surface area contributed by atoms with Crippen LogP contribution in [0.1, 0.15) is 45.4 Å². The lowest BCUT2D eigenvalue weighted by molar-refractivity contribution is -0.175. The summed E-state index contributed by atoms with van der Waals surface area (Å²) in [6.45, 7) is 3.66. The minimum Gasteiger partial charge on any atom is -0.347 e.